The molecule has 0 atom stereocenters. The summed E-state index contributed by atoms with van der Waals surface area (Å²) < 4.78 is 5.06. The molecule has 1 aromatic carbocycles. The van der Waals surface area contributed by atoms with E-state index < -0.39 is 5.97 Å². The fraction of sp³-hybridized carbons (Fsp3) is 0.400. The maximum Gasteiger partial charge on any atom is 0.306 e. The van der Waals surface area contributed by atoms with Gasteiger partial charge in [-0.25, -0.2) is 9.97 Å². The Morgan fingerprint density at radius 2 is 1.75 bits per heavy atom. The number of rotatable bonds is 9. The predicted octanol–water partition coefficient (Wildman–Crippen LogP) is 3.30. The summed E-state index contributed by atoms with van der Waals surface area (Å²) in [7, 11) is 0. The number of nitrogens with zero attached hydrogens (tertiary/aromatic N) is 2. The monoisotopic (exact) mass is 421 g/mol. The van der Waals surface area contributed by atoms with E-state index in [0.717, 1.165) is 27.7 Å². The highest BCUT2D eigenvalue weighted by Gasteiger charge is 2.12. The maximum atomic E-state index is 11.9. The average Bonchev–Trinajstić information content (AvgIpc) is 2.67. The summed E-state index contributed by atoms with van der Waals surface area (Å²) in [5, 5.41) is 4.13. The SMILES string of the molecule is CSc1nc(C)c(CCC(=O)OCC(=O)NCCc2ccc(Cl)cc2)c(C)n1. The molecule has 28 heavy (non-hydrogen) atoms. The van der Waals surface area contributed by atoms with Gasteiger partial charge in [0.1, 0.15) is 0 Å². The molecule has 1 heterocycles. The molecule has 2 rings (SSSR count). The Morgan fingerprint density at radius 1 is 1.11 bits per heavy atom. The molecule has 0 saturated carbocycles. The topological polar surface area (TPSA) is 81.2 Å². The minimum Gasteiger partial charge on any atom is -0.456 e. The summed E-state index contributed by atoms with van der Waals surface area (Å²) in [5.74, 6) is -0.733. The summed E-state index contributed by atoms with van der Waals surface area (Å²) in [6.45, 7) is 4.00. The Bertz CT molecular complexity index is 805. The number of thioether (sulfide) groups is 1. The summed E-state index contributed by atoms with van der Waals surface area (Å²) in [5.41, 5.74) is 3.75. The van der Waals surface area contributed by atoms with Gasteiger partial charge in [0.15, 0.2) is 11.8 Å². The van der Waals surface area contributed by atoms with Gasteiger partial charge >= 0.3 is 5.97 Å². The van der Waals surface area contributed by atoms with Gasteiger partial charge in [-0.15, -0.1) is 0 Å². The largest absolute Gasteiger partial charge is 0.456 e. The van der Waals surface area contributed by atoms with Gasteiger partial charge in [0.05, 0.1) is 0 Å². The molecule has 2 aromatic rings. The first kappa shape index (κ1) is 22.2. The van der Waals surface area contributed by atoms with Crippen LogP contribution in [0.1, 0.15) is 28.9 Å². The second-order valence-electron chi connectivity index (χ2n) is 6.25. The van der Waals surface area contributed by atoms with E-state index in [9.17, 15) is 9.59 Å². The number of aryl methyl sites for hydroxylation is 2. The van der Waals surface area contributed by atoms with Gasteiger partial charge in [-0.2, -0.15) is 0 Å². The number of ether oxygens (including phenoxy) is 1. The van der Waals surface area contributed by atoms with E-state index in [0.29, 0.717) is 24.4 Å². The molecule has 0 saturated heterocycles. The van der Waals surface area contributed by atoms with Crippen LogP contribution < -0.4 is 5.32 Å². The van der Waals surface area contributed by atoms with E-state index in [1.165, 1.54) is 11.8 Å². The Labute approximate surface area is 174 Å². The van der Waals surface area contributed by atoms with Crippen molar-refractivity contribution in [2.24, 2.45) is 0 Å². The molecule has 1 N–H and O–H groups in total. The van der Waals surface area contributed by atoms with Crippen molar-refractivity contribution >= 4 is 35.2 Å². The Kier molecular flexibility index (Phi) is 8.73. The van der Waals surface area contributed by atoms with Crippen LogP contribution >= 0.6 is 23.4 Å². The number of esters is 1. The summed E-state index contributed by atoms with van der Waals surface area (Å²) in [6, 6.07) is 7.44. The highest BCUT2D eigenvalue weighted by atomic mass is 35.5. The van der Waals surface area contributed by atoms with Crippen LogP contribution in [-0.2, 0) is 27.2 Å². The van der Waals surface area contributed by atoms with Gasteiger partial charge in [-0.3, -0.25) is 9.59 Å². The van der Waals surface area contributed by atoms with E-state index in [2.05, 4.69) is 15.3 Å². The quantitative estimate of drug-likeness (QED) is 0.380. The zero-order chi connectivity index (χ0) is 20.5. The normalized spacial score (nSPS) is 10.6. The molecule has 6 nitrogen and oxygen atoms in total. The van der Waals surface area contributed by atoms with Crippen molar-refractivity contribution in [3.63, 3.8) is 0 Å². The highest BCUT2D eigenvalue weighted by molar-refractivity contribution is 7.98. The van der Waals surface area contributed by atoms with Gasteiger partial charge in [0.25, 0.3) is 5.91 Å². The third kappa shape index (κ3) is 7.13. The molecule has 1 amide bonds. The van der Waals surface area contributed by atoms with Crippen LogP contribution in [0.15, 0.2) is 29.4 Å². The number of hydrogen-bond donors (Lipinski definition) is 1. The fourth-order valence-electron chi connectivity index (χ4n) is 2.66. The van der Waals surface area contributed by atoms with Crippen molar-refractivity contribution in [3.8, 4) is 0 Å². The first-order valence-electron chi connectivity index (χ1n) is 8.94. The Hall–Kier alpha value is -2.12. The number of nitrogens with one attached hydrogen (secondary N) is 1. The van der Waals surface area contributed by atoms with Gasteiger partial charge in [0, 0.05) is 29.4 Å². The Morgan fingerprint density at radius 3 is 2.36 bits per heavy atom. The van der Waals surface area contributed by atoms with Crippen molar-refractivity contribution in [3.05, 3.63) is 51.8 Å². The van der Waals surface area contributed by atoms with E-state index in [-0.39, 0.29) is 18.9 Å². The van der Waals surface area contributed by atoms with Crippen LogP contribution in [0.25, 0.3) is 0 Å². The van der Waals surface area contributed by atoms with Gasteiger partial charge < -0.3 is 10.1 Å². The molecule has 8 heteroatoms. The number of amides is 1. The second-order valence-corrected chi connectivity index (χ2v) is 7.46. The van der Waals surface area contributed by atoms with E-state index in [4.69, 9.17) is 16.3 Å². The summed E-state index contributed by atoms with van der Waals surface area (Å²) in [6.07, 6.45) is 3.28. The predicted molar refractivity (Wildman–Crippen MR) is 111 cm³/mol. The number of carbonyl (C=O) groups is 2. The zero-order valence-electron chi connectivity index (χ0n) is 16.3. The summed E-state index contributed by atoms with van der Waals surface area (Å²) >= 11 is 7.32. The lowest BCUT2D eigenvalue weighted by molar-refractivity contribution is -0.148. The third-order valence-electron chi connectivity index (χ3n) is 4.18. The minimum atomic E-state index is -0.416. The summed E-state index contributed by atoms with van der Waals surface area (Å²) in [4.78, 5) is 32.5. The number of benzene rings is 1. The van der Waals surface area contributed by atoms with Crippen LogP contribution in [0.4, 0.5) is 0 Å². The van der Waals surface area contributed by atoms with E-state index in [1.807, 2.05) is 44.4 Å². The van der Waals surface area contributed by atoms with Crippen LogP contribution in [-0.4, -0.2) is 41.3 Å². The molecule has 1 aromatic heterocycles. The molecule has 0 bridgehead atoms. The first-order chi connectivity index (χ1) is 13.4. The molecule has 0 radical (unpaired) electrons. The standard InChI is InChI=1S/C20H24ClN3O3S/c1-13-17(14(2)24-20(23-13)28-3)8-9-19(26)27-12-18(25)22-11-10-15-4-6-16(21)7-5-15/h4-7H,8-12H2,1-3H3,(H,22,25). The highest BCUT2D eigenvalue weighted by Crippen LogP contribution is 2.17. The number of aromatic nitrogens is 2. The van der Waals surface area contributed by atoms with Crippen LogP contribution in [0, 0.1) is 13.8 Å². The van der Waals surface area contributed by atoms with E-state index >= 15 is 0 Å². The molecule has 150 valence electrons. The van der Waals surface area contributed by atoms with Gasteiger partial charge in [-0.1, -0.05) is 35.5 Å². The zero-order valence-corrected chi connectivity index (χ0v) is 17.8. The molecule has 0 unspecified atom stereocenters. The van der Waals surface area contributed by atoms with E-state index in [1.54, 1.807) is 0 Å². The molecule has 0 aliphatic carbocycles. The smallest absolute Gasteiger partial charge is 0.306 e. The van der Waals surface area contributed by atoms with Crippen molar-refractivity contribution in [2.75, 3.05) is 19.4 Å². The van der Waals surface area contributed by atoms with Crippen molar-refractivity contribution in [1.29, 1.82) is 0 Å². The lowest BCUT2D eigenvalue weighted by atomic mass is 10.1. The number of halogens is 1. The fourth-order valence-corrected chi connectivity index (χ4v) is 3.24. The Balaban J connectivity index is 1.69. The lowest BCUT2D eigenvalue weighted by Crippen LogP contribution is -2.30. The van der Waals surface area contributed by atoms with Crippen LogP contribution in [0.5, 0.6) is 0 Å². The number of carbonyl (C=O) groups excluding carboxylic acids is 2. The first-order valence-corrected chi connectivity index (χ1v) is 10.5. The lowest BCUT2D eigenvalue weighted by Gasteiger charge is -2.10. The maximum absolute atomic E-state index is 11.9. The second kappa shape index (κ2) is 11.0. The van der Waals surface area contributed by atoms with Crippen molar-refractivity contribution in [2.45, 2.75) is 38.3 Å². The minimum absolute atomic E-state index is 0.182. The van der Waals surface area contributed by atoms with Crippen molar-refractivity contribution in [1.82, 2.24) is 15.3 Å². The third-order valence-corrected chi connectivity index (χ3v) is 4.97. The average molecular weight is 422 g/mol. The molecule has 0 fully saturated rings. The van der Waals surface area contributed by atoms with Crippen molar-refractivity contribution < 1.29 is 14.3 Å². The number of hydrogen-bond acceptors (Lipinski definition) is 6. The molecular weight excluding hydrogens is 398 g/mol. The molecule has 0 aliphatic heterocycles. The van der Waals surface area contributed by atoms with Gasteiger partial charge in [-0.05, 0) is 56.2 Å². The molecule has 0 spiro atoms. The van der Waals surface area contributed by atoms with Crippen LogP contribution in [0.2, 0.25) is 5.02 Å². The molecular formula is C20H24ClN3O3S. The molecule has 0 aliphatic rings. The van der Waals surface area contributed by atoms with Gasteiger partial charge in [0.2, 0.25) is 0 Å². The van der Waals surface area contributed by atoms with Crippen LogP contribution in [0.3, 0.4) is 0 Å².